The van der Waals surface area contributed by atoms with Crippen molar-refractivity contribution in [1.82, 2.24) is 15.0 Å². The monoisotopic (exact) mass is 338 g/mol. The molecule has 3 aromatic rings. The second kappa shape index (κ2) is 5.30. The van der Waals surface area contributed by atoms with Gasteiger partial charge in [0.1, 0.15) is 22.5 Å². The fourth-order valence-electron chi connectivity index (χ4n) is 2.89. The summed E-state index contributed by atoms with van der Waals surface area (Å²) in [6.07, 6.45) is 0.152. The predicted octanol–water partition coefficient (Wildman–Crippen LogP) is 1.79. The first-order chi connectivity index (χ1) is 11.9. The van der Waals surface area contributed by atoms with Crippen molar-refractivity contribution in [1.29, 1.82) is 0 Å². The number of carbonyl (C=O) groups is 2. The highest BCUT2D eigenvalue weighted by molar-refractivity contribution is 6.20. The quantitative estimate of drug-likeness (QED) is 0.545. The molecule has 1 saturated heterocycles. The van der Waals surface area contributed by atoms with Gasteiger partial charge in [-0.15, -0.1) is 15.0 Å². The third-order valence-electron chi connectivity index (χ3n) is 4.10. The number of imide groups is 1. The van der Waals surface area contributed by atoms with Crippen molar-refractivity contribution >= 4 is 28.5 Å². The number of hydrogen-bond donors (Lipinski definition) is 2. The minimum Gasteiger partial charge on any atom is -0.508 e. The number of aromatic nitrogens is 3. The molecule has 1 aliphatic heterocycles. The van der Waals surface area contributed by atoms with Crippen LogP contribution in [0, 0.1) is 6.92 Å². The molecule has 25 heavy (non-hydrogen) atoms. The van der Waals surface area contributed by atoms with Crippen LogP contribution < -0.4 is 4.90 Å². The van der Waals surface area contributed by atoms with E-state index in [-0.39, 0.29) is 35.7 Å². The lowest BCUT2D eigenvalue weighted by Crippen LogP contribution is -2.28. The largest absolute Gasteiger partial charge is 0.508 e. The summed E-state index contributed by atoms with van der Waals surface area (Å²) in [6.45, 7) is 1.92. The molecule has 2 aromatic carbocycles. The molecule has 0 spiro atoms. The molecule has 2 heterocycles. The van der Waals surface area contributed by atoms with Crippen LogP contribution in [0.3, 0.4) is 0 Å². The molecule has 0 aliphatic carbocycles. The molecule has 8 nitrogen and oxygen atoms in total. The standard InChI is InChI=1S/C17H14N4O4/c1-9-2-3-11-12(6-9)19-21(18-11)14-8-10(22)7-13(17(14)25)20-15(23)4-5-16(20)24/h2-3,6-8,22,25H,4-5H2,1H3. The van der Waals surface area contributed by atoms with Crippen molar-refractivity contribution in [3.8, 4) is 17.2 Å². The number of carbonyl (C=O) groups excluding carboxylic acids is 2. The highest BCUT2D eigenvalue weighted by Crippen LogP contribution is 2.39. The molecular weight excluding hydrogens is 324 g/mol. The maximum atomic E-state index is 11.9. The molecule has 0 bridgehead atoms. The van der Waals surface area contributed by atoms with Crippen LogP contribution in [0.4, 0.5) is 5.69 Å². The number of nitrogens with zero attached hydrogens (tertiary/aromatic N) is 4. The molecule has 126 valence electrons. The number of phenols is 2. The van der Waals surface area contributed by atoms with Crippen molar-refractivity contribution in [2.24, 2.45) is 0 Å². The van der Waals surface area contributed by atoms with Gasteiger partial charge in [-0.3, -0.25) is 9.59 Å². The minimum atomic E-state index is -0.425. The molecule has 8 heteroatoms. The molecule has 0 radical (unpaired) electrons. The molecule has 0 saturated carbocycles. The van der Waals surface area contributed by atoms with E-state index in [2.05, 4.69) is 10.2 Å². The van der Waals surface area contributed by atoms with Crippen LogP contribution in [0.5, 0.6) is 11.5 Å². The highest BCUT2D eigenvalue weighted by atomic mass is 16.3. The van der Waals surface area contributed by atoms with Crippen LogP contribution in [-0.2, 0) is 9.59 Å². The van der Waals surface area contributed by atoms with Gasteiger partial charge >= 0.3 is 0 Å². The van der Waals surface area contributed by atoms with Crippen molar-refractivity contribution in [3.05, 3.63) is 35.9 Å². The first-order valence-corrected chi connectivity index (χ1v) is 7.70. The molecular formula is C17H14N4O4. The Morgan fingerprint density at radius 2 is 1.56 bits per heavy atom. The Morgan fingerprint density at radius 3 is 2.28 bits per heavy atom. The summed E-state index contributed by atoms with van der Waals surface area (Å²) in [7, 11) is 0. The van der Waals surface area contributed by atoms with Gasteiger partial charge in [-0.2, -0.15) is 0 Å². The average Bonchev–Trinajstić information content (AvgIpc) is 3.12. The maximum absolute atomic E-state index is 11.9. The Labute approximate surface area is 141 Å². The van der Waals surface area contributed by atoms with Crippen LogP contribution in [0.1, 0.15) is 18.4 Å². The van der Waals surface area contributed by atoms with Crippen LogP contribution >= 0.6 is 0 Å². The van der Waals surface area contributed by atoms with E-state index in [1.165, 1.54) is 16.9 Å². The van der Waals surface area contributed by atoms with Gasteiger partial charge < -0.3 is 10.2 Å². The molecule has 1 aromatic heterocycles. The van der Waals surface area contributed by atoms with E-state index >= 15 is 0 Å². The number of benzene rings is 2. The van der Waals surface area contributed by atoms with E-state index in [0.717, 1.165) is 10.5 Å². The van der Waals surface area contributed by atoms with E-state index in [9.17, 15) is 19.8 Å². The van der Waals surface area contributed by atoms with Crippen LogP contribution in [0.25, 0.3) is 16.7 Å². The topological polar surface area (TPSA) is 109 Å². The fourth-order valence-corrected chi connectivity index (χ4v) is 2.89. The molecule has 4 rings (SSSR count). The van der Waals surface area contributed by atoms with E-state index in [4.69, 9.17) is 0 Å². The zero-order valence-electron chi connectivity index (χ0n) is 13.3. The number of fused-ring (bicyclic) bond motifs is 1. The number of aromatic hydroxyl groups is 2. The predicted molar refractivity (Wildman–Crippen MR) is 88.7 cm³/mol. The number of anilines is 1. The lowest BCUT2D eigenvalue weighted by Gasteiger charge is -2.17. The zero-order chi connectivity index (χ0) is 17.7. The average molecular weight is 338 g/mol. The van der Waals surface area contributed by atoms with Gasteiger partial charge in [0, 0.05) is 25.0 Å². The van der Waals surface area contributed by atoms with Crippen molar-refractivity contribution in [2.75, 3.05) is 4.90 Å². The Hall–Kier alpha value is -3.42. The van der Waals surface area contributed by atoms with E-state index in [1.54, 1.807) is 6.07 Å². The lowest BCUT2D eigenvalue weighted by molar-refractivity contribution is -0.121. The third-order valence-corrected chi connectivity index (χ3v) is 4.10. The van der Waals surface area contributed by atoms with E-state index in [0.29, 0.717) is 11.0 Å². The second-order valence-electron chi connectivity index (χ2n) is 5.94. The summed E-state index contributed by atoms with van der Waals surface area (Å²) < 4.78 is 0. The maximum Gasteiger partial charge on any atom is 0.234 e. The van der Waals surface area contributed by atoms with Crippen molar-refractivity contribution in [3.63, 3.8) is 0 Å². The number of rotatable bonds is 2. The Bertz CT molecular complexity index is 1020. The van der Waals surface area contributed by atoms with Gasteiger partial charge in [0.15, 0.2) is 5.75 Å². The summed E-state index contributed by atoms with van der Waals surface area (Å²) in [5.41, 5.74) is 2.26. The first kappa shape index (κ1) is 15.1. The summed E-state index contributed by atoms with van der Waals surface area (Å²) >= 11 is 0. The lowest BCUT2D eigenvalue weighted by atomic mass is 10.2. The first-order valence-electron chi connectivity index (χ1n) is 7.70. The van der Waals surface area contributed by atoms with Crippen LogP contribution in [0.2, 0.25) is 0 Å². The number of aryl methyl sites for hydroxylation is 1. The molecule has 2 amide bonds. The summed E-state index contributed by atoms with van der Waals surface area (Å²) in [5.74, 6) is -1.41. The van der Waals surface area contributed by atoms with Crippen molar-refractivity contribution in [2.45, 2.75) is 19.8 Å². The minimum absolute atomic E-state index is 0.0694. The molecule has 1 fully saturated rings. The van der Waals surface area contributed by atoms with Crippen LogP contribution in [-0.4, -0.2) is 37.0 Å². The van der Waals surface area contributed by atoms with E-state index in [1.807, 2.05) is 19.1 Å². The summed E-state index contributed by atoms with van der Waals surface area (Å²) in [5, 5.41) is 29.2. The Kier molecular flexibility index (Phi) is 3.21. The second-order valence-corrected chi connectivity index (χ2v) is 5.94. The Morgan fingerprint density at radius 1 is 0.920 bits per heavy atom. The molecule has 0 unspecified atom stereocenters. The van der Waals surface area contributed by atoms with Gasteiger partial charge in [-0.25, -0.2) is 4.90 Å². The third kappa shape index (κ3) is 2.38. The number of phenolic OH excluding ortho intramolecular Hbond substituents is 2. The SMILES string of the molecule is Cc1ccc2nn(-c3cc(O)cc(N4C(=O)CCC4=O)c3O)nc2c1. The normalized spacial score (nSPS) is 14.7. The molecule has 1 aliphatic rings. The molecule has 2 N–H and O–H groups in total. The van der Waals surface area contributed by atoms with Crippen LogP contribution in [0.15, 0.2) is 30.3 Å². The summed E-state index contributed by atoms with van der Waals surface area (Å²) in [6, 6.07) is 7.97. The smallest absolute Gasteiger partial charge is 0.234 e. The molecule has 0 atom stereocenters. The highest BCUT2D eigenvalue weighted by Gasteiger charge is 2.33. The Balaban J connectivity index is 1.89. The fraction of sp³-hybridized carbons (Fsp3) is 0.176. The van der Waals surface area contributed by atoms with Gasteiger partial charge in [-0.1, -0.05) is 6.07 Å². The van der Waals surface area contributed by atoms with Gasteiger partial charge in [-0.05, 0) is 24.6 Å². The van der Waals surface area contributed by atoms with Gasteiger partial charge in [0.25, 0.3) is 0 Å². The van der Waals surface area contributed by atoms with Crippen molar-refractivity contribution < 1.29 is 19.8 Å². The van der Waals surface area contributed by atoms with E-state index < -0.39 is 11.8 Å². The van der Waals surface area contributed by atoms with Gasteiger partial charge in [0.05, 0.1) is 5.69 Å². The summed E-state index contributed by atoms with van der Waals surface area (Å²) in [4.78, 5) is 26.0. The zero-order valence-corrected chi connectivity index (χ0v) is 13.3. The number of amides is 2. The number of hydrogen-bond acceptors (Lipinski definition) is 6. The van der Waals surface area contributed by atoms with Gasteiger partial charge in [0.2, 0.25) is 11.8 Å².